The Hall–Kier alpha value is -1.21. The van der Waals surface area contributed by atoms with Crippen molar-refractivity contribution < 1.29 is 0 Å². The van der Waals surface area contributed by atoms with Crippen molar-refractivity contribution in [2.45, 2.75) is 49.3 Å². The lowest BCUT2D eigenvalue weighted by atomic mass is 10.0. The monoisotopic (exact) mass is 270 g/mol. The van der Waals surface area contributed by atoms with Crippen molar-refractivity contribution in [2.75, 3.05) is 0 Å². The average Bonchev–Trinajstić information content (AvgIpc) is 2.39. The molecule has 0 saturated carbocycles. The van der Waals surface area contributed by atoms with Crippen LogP contribution in [0.3, 0.4) is 0 Å². The minimum Gasteiger partial charge on any atom is -0.0895 e. The van der Waals surface area contributed by atoms with Gasteiger partial charge in [0.2, 0.25) is 0 Å². The summed E-state index contributed by atoms with van der Waals surface area (Å²) in [6.07, 6.45) is 0. The highest BCUT2D eigenvalue weighted by Crippen LogP contribution is 2.37. The quantitative estimate of drug-likeness (QED) is 0.648. The zero-order valence-electron chi connectivity index (χ0n) is 12.2. The van der Waals surface area contributed by atoms with Crippen LogP contribution < -0.4 is 0 Å². The highest BCUT2D eigenvalue weighted by molar-refractivity contribution is 7.99. The van der Waals surface area contributed by atoms with E-state index >= 15 is 0 Å². The molecule has 0 radical (unpaired) electrons. The molecule has 0 spiro atoms. The molecule has 2 aromatic rings. The van der Waals surface area contributed by atoms with Gasteiger partial charge in [-0.15, -0.1) is 0 Å². The van der Waals surface area contributed by atoms with Gasteiger partial charge in [-0.3, -0.25) is 0 Å². The van der Waals surface area contributed by atoms with Gasteiger partial charge in [0, 0.05) is 9.79 Å². The summed E-state index contributed by atoms with van der Waals surface area (Å²) in [4.78, 5) is 2.76. The predicted molar refractivity (Wildman–Crippen MR) is 85.2 cm³/mol. The SMILES string of the molecule is CC(C)c1ccccc1Sc1ccccc1C(C)C. The van der Waals surface area contributed by atoms with E-state index in [4.69, 9.17) is 0 Å². The van der Waals surface area contributed by atoms with E-state index < -0.39 is 0 Å². The van der Waals surface area contributed by atoms with Crippen LogP contribution in [0.5, 0.6) is 0 Å². The summed E-state index contributed by atoms with van der Waals surface area (Å²) in [6, 6.07) is 17.5. The van der Waals surface area contributed by atoms with Gasteiger partial charge in [0.25, 0.3) is 0 Å². The van der Waals surface area contributed by atoms with Gasteiger partial charge in [-0.25, -0.2) is 0 Å². The molecule has 0 fully saturated rings. The van der Waals surface area contributed by atoms with Gasteiger partial charge in [-0.2, -0.15) is 0 Å². The first-order valence-electron chi connectivity index (χ1n) is 6.95. The van der Waals surface area contributed by atoms with Crippen LogP contribution in [-0.2, 0) is 0 Å². The molecule has 0 saturated heterocycles. The lowest BCUT2D eigenvalue weighted by molar-refractivity contribution is 0.835. The molecule has 0 amide bonds. The molecule has 0 aliphatic carbocycles. The fraction of sp³-hybridized carbons (Fsp3) is 0.333. The first-order chi connectivity index (χ1) is 9.09. The second-order valence-electron chi connectivity index (χ2n) is 5.49. The van der Waals surface area contributed by atoms with Gasteiger partial charge in [0.1, 0.15) is 0 Å². The van der Waals surface area contributed by atoms with Crippen molar-refractivity contribution in [1.82, 2.24) is 0 Å². The lowest BCUT2D eigenvalue weighted by Crippen LogP contribution is -1.93. The molecule has 0 aliphatic rings. The van der Waals surface area contributed by atoms with Gasteiger partial charge >= 0.3 is 0 Å². The van der Waals surface area contributed by atoms with Gasteiger partial charge in [-0.1, -0.05) is 75.9 Å². The number of benzene rings is 2. The molecule has 2 rings (SSSR count). The Labute approximate surface area is 121 Å². The Morgan fingerprint density at radius 2 is 1.00 bits per heavy atom. The lowest BCUT2D eigenvalue weighted by Gasteiger charge is -2.15. The second kappa shape index (κ2) is 6.29. The molecule has 19 heavy (non-hydrogen) atoms. The average molecular weight is 270 g/mol. The van der Waals surface area contributed by atoms with E-state index in [1.165, 1.54) is 20.9 Å². The summed E-state index contributed by atoms with van der Waals surface area (Å²) in [5.41, 5.74) is 2.87. The predicted octanol–water partition coefficient (Wildman–Crippen LogP) is 6.08. The van der Waals surface area contributed by atoms with Crippen molar-refractivity contribution in [2.24, 2.45) is 0 Å². The Kier molecular flexibility index (Phi) is 4.71. The minimum atomic E-state index is 0.565. The summed E-state index contributed by atoms with van der Waals surface area (Å²) in [6.45, 7) is 9.03. The van der Waals surface area contributed by atoms with Crippen molar-refractivity contribution in [3.8, 4) is 0 Å². The van der Waals surface area contributed by atoms with Crippen LogP contribution in [0.25, 0.3) is 0 Å². The molecule has 0 heterocycles. The summed E-state index contributed by atoms with van der Waals surface area (Å²) in [7, 11) is 0. The van der Waals surface area contributed by atoms with Crippen molar-refractivity contribution in [1.29, 1.82) is 0 Å². The molecule has 1 heteroatoms. The highest BCUT2D eigenvalue weighted by Gasteiger charge is 2.11. The molecule has 0 unspecified atom stereocenters. The molecule has 100 valence electrons. The van der Waals surface area contributed by atoms with E-state index in [9.17, 15) is 0 Å². The Morgan fingerprint density at radius 1 is 0.632 bits per heavy atom. The molecule has 0 nitrogen and oxygen atoms in total. The van der Waals surface area contributed by atoms with Crippen molar-refractivity contribution >= 4 is 11.8 Å². The molecule has 0 N–H and O–H groups in total. The third-order valence-electron chi connectivity index (χ3n) is 3.30. The standard InChI is InChI=1S/C18H22S/c1-13(2)15-9-5-7-11-17(15)19-18-12-8-6-10-16(18)14(3)4/h5-14H,1-4H3. The third kappa shape index (κ3) is 3.42. The van der Waals surface area contributed by atoms with E-state index in [0.717, 1.165) is 0 Å². The first kappa shape index (κ1) is 14.2. The topological polar surface area (TPSA) is 0 Å². The minimum absolute atomic E-state index is 0.565. The normalized spacial score (nSPS) is 11.3. The van der Waals surface area contributed by atoms with E-state index in [0.29, 0.717) is 11.8 Å². The van der Waals surface area contributed by atoms with Gasteiger partial charge in [0.15, 0.2) is 0 Å². The largest absolute Gasteiger partial charge is 0.0895 e. The van der Waals surface area contributed by atoms with Crippen LogP contribution in [0.4, 0.5) is 0 Å². The first-order valence-corrected chi connectivity index (χ1v) is 7.77. The summed E-state index contributed by atoms with van der Waals surface area (Å²) in [5, 5.41) is 0. The maximum absolute atomic E-state index is 2.26. The maximum atomic E-state index is 2.26. The number of rotatable bonds is 4. The molecule has 0 aliphatic heterocycles. The fourth-order valence-electron chi connectivity index (χ4n) is 2.22. The Bertz CT molecular complexity index is 491. The third-order valence-corrected chi connectivity index (χ3v) is 4.49. The van der Waals surface area contributed by atoms with E-state index in [2.05, 4.69) is 76.2 Å². The van der Waals surface area contributed by atoms with Crippen LogP contribution in [0.15, 0.2) is 58.3 Å². The zero-order chi connectivity index (χ0) is 13.8. The van der Waals surface area contributed by atoms with E-state index in [1.807, 2.05) is 11.8 Å². The summed E-state index contributed by atoms with van der Waals surface area (Å²) in [5.74, 6) is 1.13. The molecule has 0 atom stereocenters. The van der Waals surface area contributed by atoms with Crippen molar-refractivity contribution in [3.05, 3.63) is 59.7 Å². The number of hydrogen-bond acceptors (Lipinski definition) is 1. The summed E-state index contributed by atoms with van der Waals surface area (Å²) >= 11 is 1.90. The molecule has 0 aromatic heterocycles. The second-order valence-corrected chi connectivity index (χ2v) is 6.57. The Morgan fingerprint density at radius 3 is 1.37 bits per heavy atom. The molecular formula is C18H22S. The van der Waals surface area contributed by atoms with Crippen LogP contribution in [0.2, 0.25) is 0 Å². The van der Waals surface area contributed by atoms with Gasteiger partial charge in [0.05, 0.1) is 0 Å². The highest BCUT2D eigenvalue weighted by atomic mass is 32.2. The van der Waals surface area contributed by atoms with Crippen LogP contribution >= 0.6 is 11.8 Å². The smallest absolute Gasteiger partial charge is 0.0157 e. The van der Waals surface area contributed by atoms with E-state index in [-0.39, 0.29) is 0 Å². The van der Waals surface area contributed by atoms with E-state index in [1.54, 1.807) is 0 Å². The molecule has 2 aromatic carbocycles. The molecule has 0 bridgehead atoms. The van der Waals surface area contributed by atoms with Crippen molar-refractivity contribution in [3.63, 3.8) is 0 Å². The maximum Gasteiger partial charge on any atom is 0.0157 e. The summed E-state index contributed by atoms with van der Waals surface area (Å²) < 4.78 is 0. The van der Waals surface area contributed by atoms with Crippen LogP contribution in [0.1, 0.15) is 50.7 Å². The van der Waals surface area contributed by atoms with Gasteiger partial charge < -0.3 is 0 Å². The Balaban J connectivity index is 2.37. The van der Waals surface area contributed by atoms with Crippen LogP contribution in [0, 0.1) is 0 Å². The number of hydrogen-bond donors (Lipinski definition) is 0. The zero-order valence-corrected chi connectivity index (χ0v) is 13.0. The van der Waals surface area contributed by atoms with Gasteiger partial charge in [-0.05, 0) is 35.1 Å². The molecular weight excluding hydrogens is 248 g/mol. The fourth-order valence-corrected chi connectivity index (χ4v) is 3.59. The van der Waals surface area contributed by atoms with Crippen LogP contribution in [-0.4, -0.2) is 0 Å².